The summed E-state index contributed by atoms with van der Waals surface area (Å²) in [6.45, 7) is 14.2. The van der Waals surface area contributed by atoms with Crippen molar-refractivity contribution in [2.45, 2.75) is 156 Å². The van der Waals surface area contributed by atoms with E-state index in [1.165, 1.54) is 109 Å². The Kier molecular flexibility index (Phi) is 10.9. The van der Waals surface area contributed by atoms with Gasteiger partial charge in [0.05, 0.1) is 6.10 Å². The molecule has 216 valence electrons. The maximum atomic E-state index is 8.92. The molecule has 0 aromatic carbocycles. The van der Waals surface area contributed by atoms with E-state index < -0.39 is 0 Å². The molecule has 4 aliphatic carbocycles. The number of rotatable bonds is 14. The molecule has 0 aromatic rings. The van der Waals surface area contributed by atoms with Gasteiger partial charge < -0.3 is 9.84 Å². The third kappa shape index (κ3) is 6.81. The van der Waals surface area contributed by atoms with Crippen molar-refractivity contribution in [2.75, 3.05) is 13.2 Å². The van der Waals surface area contributed by atoms with Crippen LogP contribution in [0.5, 0.6) is 0 Å². The summed E-state index contributed by atoms with van der Waals surface area (Å²) < 4.78 is 6.47. The molecule has 0 radical (unpaired) electrons. The molecule has 4 fully saturated rings. The quantitative estimate of drug-likeness (QED) is 0.233. The van der Waals surface area contributed by atoms with Gasteiger partial charge in [0, 0.05) is 13.2 Å². The maximum Gasteiger partial charge on any atom is 0.0578 e. The van der Waals surface area contributed by atoms with Gasteiger partial charge in [-0.1, -0.05) is 79.6 Å². The highest BCUT2D eigenvalue weighted by Crippen LogP contribution is 2.68. The van der Waals surface area contributed by atoms with E-state index in [-0.39, 0.29) is 0 Å². The lowest BCUT2D eigenvalue weighted by Crippen LogP contribution is -2.54. The average molecular weight is 517 g/mol. The summed E-state index contributed by atoms with van der Waals surface area (Å²) in [4.78, 5) is 0. The fourth-order valence-electron chi connectivity index (χ4n) is 10.6. The van der Waals surface area contributed by atoms with Gasteiger partial charge in [0.15, 0.2) is 0 Å². The fourth-order valence-corrected chi connectivity index (χ4v) is 10.6. The molecule has 0 heterocycles. The van der Waals surface area contributed by atoms with Crippen LogP contribution < -0.4 is 0 Å². The zero-order valence-electron chi connectivity index (χ0n) is 25.6. The molecule has 0 amide bonds. The first-order valence-corrected chi connectivity index (χ1v) is 17.0. The summed E-state index contributed by atoms with van der Waals surface area (Å²) in [5, 5.41) is 8.92. The molecule has 2 heteroatoms. The van der Waals surface area contributed by atoms with E-state index in [1.54, 1.807) is 0 Å². The minimum absolute atomic E-state index is 0.352. The van der Waals surface area contributed by atoms with Crippen LogP contribution in [0.4, 0.5) is 0 Å². The molecule has 4 saturated carbocycles. The van der Waals surface area contributed by atoms with Crippen LogP contribution in [0, 0.1) is 52.3 Å². The lowest BCUT2D eigenvalue weighted by molar-refractivity contribution is -0.136. The van der Waals surface area contributed by atoms with Crippen LogP contribution in [0.15, 0.2) is 0 Å². The van der Waals surface area contributed by atoms with Crippen LogP contribution in [0.3, 0.4) is 0 Å². The molecule has 0 bridgehead atoms. The molecular formula is C35H64O2. The minimum Gasteiger partial charge on any atom is -0.396 e. The number of aliphatic hydroxyl groups excluding tert-OH is 1. The van der Waals surface area contributed by atoms with Crippen LogP contribution in [0.2, 0.25) is 0 Å². The first-order valence-electron chi connectivity index (χ1n) is 17.0. The van der Waals surface area contributed by atoms with E-state index in [1.807, 2.05) is 0 Å². The van der Waals surface area contributed by atoms with Gasteiger partial charge in [-0.05, 0) is 123 Å². The predicted molar refractivity (Wildman–Crippen MR) is 158 cm³/mol. The van der Waals surface area contributed by atoms with Crippen molar-refractivity contribution in [1.82, 2.24) is 0 Å². The lowest BCUT2D eigenvalue weighted by Gasteiger charge is -2.61. The summed E-state index contributed by atoms with van der Waals surface area (Å²) >= 11 is 0. The Balaban J connectivity index is 1.26. The Bertz CT molecular complexity index is 674. The SMILES string of the molecule is CC(C)CCC[C@@H](C)[C@H]1CC[C@H]2[C@@H]3CCC4C[C@@H](OCCCCCCCCO)CC[C@]4(C)[C@H]3CC[C@]12C. The van der Waals surface area contributed by atoms with Crippen molar-refractivity contribution < 1.29 is 9.84 Å². The Morgan fingerprint density at radius 2 is 1.43 bits per heavy atom. The average Bonchev–Trinajstić information content (AvgIpc) is 3.22. The second-order valence-electron chi connectivity index (χ2n) is 15.3. The van der Waals surface area contributed by atoms with Crippen LogP contribution >= 0.6 is 0 Å². The van der Waals surface area contributed by atoms with E-state index in [2.05, 4.69) is 34.6 Å². The van der Waals surface area contributed by atoms with Crippen molar-refractivity contribution in [2.24, 2.45) is 52.3 Å². The van der Waals surface area contributed by atoms with Crippen molar-refractivity contribution in [3.05, 3.63) is 0 Å². The van der Waals surface area contributed by atoms with E-state index in [0.29, 0.717) is 23.5 Å². The number of hydrogen-bond acceptors (Lipinski definition) is 2. The molecule has 0 saturated heterocycles. The van der Waals surface area contributed by atoms with Crippen LogP contribution in [-0.4, -0.2) is 24.4 Å². The van der Waals surface area contributed by atoms with E-state index in [0.717, 1.165) is 54.5 Å². The molecule has 4 rings (SSSR count). The Morgan fingerprint density at radius 1 is 0.730 bits per heavy atom. The van der Waals surface area contributed by atoms with Gasteiger partial charge in [-0.3, -0.25) is 0 Å². The van der Waals surface area contributed by atoms with Crippen molar-refractivity contribution in [3.8, 4) is 0 Å². The molecule has 1 unspecified atom stereocenters. The van der Waals surface area contributed by atoms with Gasteiger partial charge in [0.25, 0.3) is 0 Å². The molecule has 2 nitrogen and oxygen atoms in total. The van der Waals surface area contributed by atoms with Crippen LogP contribution in [0.25, 0.3) is 0 Å². The Hall–Kier alpha value is -0.0800. The number of fused-ring (bicyclic) bond motifs is 5. The van der Waals surface area contributed by atoms with Crippen molar-refractivity contribution in [1.29, 1.82) is 0 Å². The first kappa shape index (κ1) is 29.9. The van der Waals surface area contributed by atoms with Gasteiger partial charge in [-0.25, -0.2) is 0 Å². The highest BCUT2D eigenvalue weighted by Gasteiger charge is 2.60. The summed E-state index contributed by atoms with van der Waals surface area (Å²) in [5.41, 5.74) is 1.21. The second-order valence-corrected chi connectivity index (χ2v) is 15.3. The zero-order valence-corrected chi connectivity index (χ0v) is 25.6. The first-order chi connectivity index (χ1) is 17.8. The van der Waals surface area contributed by atoms with Crippen molar-refractivity contribution in [3.63, 3.8) is 0 Å². The summed E-state index contributed by atoms with van der Waals surface area (Å²) in [6, 6.07) is 0. The van der Waals surface area contributed by atoms with Gasteiger partial charge >= 0.3 is 0 Å². The molecule has 0 aromatic heterocycles. The third-order valence-corrected chi connectivity index (χ3v) is 12.7. The third-order valence-electron chi connectivity index (χ3n) is 12.7. The highest BCUT2D eigenvalue weighted by atomic mass is 16.5. The predicted octanol–water partition coefficient (Wildman–Crippen LogP) is 9.83. The largest absolute Gasteiger partial charge is 0.396 e. The molecule has 9 atom stereocenters. The molecule has 0 spiro atoms. The van der Waals surface area contributed by atoms with E-state index in [4.69, 9.17) is 9.84 Å². The van der Waals surface area contributed by atoms with Gasteiger partial charge in [0.2, 0.25) is 0 Å². The number of hydrogen-bond donors (Lipinski definition) is 1. The Labute approximate surface area is 231 Å². The maximum absolute atomic E-state index is 8.92. The molecule has 4 aliphatic rings. The van der Waals surface area contributed by atoms with E-state index >= 15 is 0 Å². The van der Waals surface area contributed by atoms with Gasteiger partial charge in [0.1, 0.15) is 0 Å². The lowest BCUT2D eigenvalue weighted by atomic mass is 9.44. The summed E-state index contributed by atoms with van der Waals surface area (Å²) in [6.07, 6.45) is 25.2. The zero-order chi connectivity index (χ0) is 26.5. The van der Waals surface area contributed by atoms with Crippen molar-refractivity contribution >= 4 is 0 Å². The number of unbranched alkanes of at least 4 members (excludes halogenated alkanes) is 5. The smallest absolute Gasteiger partial charge is 0.0578 e. The molecule has 0 aliphatic heterocycles. The topological polar surface area (TPSA) is 29.5 Å². The van der Waals surface area contributed by atoms with Crippen LogP contribution in [-0.2, 0) is 4.74 Å². The van der Waals surface area contributed by atoms with Crippen LogP contribution in [0.1, 0.15) is 150 Å². The van der Waals surface area contributed by atoms with Gasteiger partial charge in [-0.2, -0.15) is 0 Å². The minimum atomic E-state index is 0.352. The highest BCUT2D eigenvalue weighted by molar-refractivity contribution is 5.09. The second kappa shape index (κ2) is 13.5. The fraction of sp³-hybridized carbons (Fsp3) is 1.00. The number of aliphatic hydroxyl groups is 1. The summed E-state index contributed by atoms with van der Waals surface area (Å²) in [5.74, 6) is 6.67. The number of ether oxygens (including phenoxy) is 1. The van der Waals surface area contributed by atoms with Gasteiger partial charge in [-0.15, -0.1) is 0 Å². The molecule has 37 heavy (non-hydrogen) atoms. The monoisotopic (exact) mass is 516 g/mol. The van der Waals surface area contributed by atoms with E-state index in [9.17, 15) is 0 Å². The summed E-state index contributed by atoms with van der Waals surface area (Å²) in [7, 11) is 0. The standard InChI is InChI=1S/C35H64O2/c1-26(2)13-12-14-27(3)31-17-18-32-30-16-15-28-25-29(37-24-11-9-7-6-8-10-23-36)19-21-34(28,4)33(30)20-22-35(31,32)5/h26-33,36H,6-25H2,1-5H3/t27-,28?,29+,30+,31-,32+,33+,34+,35-/m1/s1. The Morgan fingerprint density at radius 3 is 2.19 bits per heavy atom. The molecular weight excluding hydrogens is 452 g/mol. The normalized spacial score (nSPS) is 40.3. The molecule has 1 N–H and O–H groups in total.